The summed E-state index contributed by atoms with van der Waals surface area (Å²) in [7, 11) is 0. The van der Waals surface area contributed by atoms with Gasteiger partial charge in [0.15, 0.2) is 0 Å². The third-order valence-corrected chi connectivity index (χ3v) is 3.23. The molecule has 0 saturated carbocycles. The lowest BCUT2D eigenvalue weighted by Gasteiger charge is -2.21. The topological polar surface area (TPSA) is 35.8 Å². The second kappa shape index (κ2) is 6.02. The predicted octanol–water partition coefficient (Wildman–Crippen LogP) is 3.79. The normalized spacial score (nSPS) is 14.9. The number of hydrogen-bond acceptors (Lipinski definition) is 2. The van der Waals surface area contributed by atoms with Crippen LogP contribution in [-0.2, 0) is 5.41 Å². The van der Waals surface area contributed by atoms with Gasteiger partial charge in [-0.15, -0.1) is 0 Å². The number of rotatable bonds is 4. The Hall–Kier alpha value is -1.33. The molecule has 2 heteroatoms. The Kier molecular flexibility index (Phi) is 4.93. The lowest BCUT2D eigenvalue weighted by Crippen LogP contribution is -2.24. The summed E-state index contributed by atoms with van der Waals surface area (Å²) in [4.78, 5) is 0. The van der Waals surface area contributed by atoms with Gasteiger partial charge in [0.25, 0.3) is 0 Å². The predicted molar refractivity (Wildman–Crippen MR) is 76.3 cm³/mol. The van der Waals surface area contributed by atoms with Crippen LogP contribution in [0.4, 0.5) is 0 Å². The van der Waals surface area contributed by atoms with Crippen LogP contribution in [-0.4, -0.2) is 6.54 Å². The highest BCUT2D eigenvalue weighted by Crippen LogP contribution is 2.23. The Balaban J connectivity index is 2.65. The van der Waals surface area contributed by atoms with Crippen LogP contribution >= 0.6 is 0 Å². The summed E-state index contributed by atoms with van der Waals surface area (Å²) in [5.74, 6) is 0.0568. The van der Waals surface area contributed by atoms with Crippen molar-refractivity contribution in [2.24, 2.45) is 5.92 Å². The molecule has 0 aliphatic carbocycles. The molecule has 0 amide bonds. The van der Waals surface area contributed by atoms with Gasteiger partial charge in [-0.3, -0.25) is 0 Å². The van der Waals surface area contributed by atoms with E-state index in [1.165, 1.54) is 11.1 Å². The highest BCUT2D eigenvalue weighted by atomic mass is 14.9. The second-order valence-corrected chi connectivity index (χ2v) is 6.03. The molecule has 2 unspecified atom stereocenters. The van der Waals surface area contributed by atoms with Crippen molar-refractivity contribution in [2.75, 3.05) is 6.54 Å². The van der Waals surface area contributed by atoms with E-state index in [1.807, 2.05) is 6.92 Å². The lowest BCUT2D eigenvalue weighted by atomic mass is 9.86. The third kappa shape index (κ3) is 4.16. The minimum Gasteiger partial charge on any atom is -0.309 e. The number of nitriles is 1. The minimum absolute atomic E-state index is 0.0568. The number of nitrogens with zero attached hydrogens (tertiary/aromatic N) is 1. The summed E-state index contributed by atoms with van der Waals surface area (Å²) in [6.07, 6.45) is 0. The van der Waals surface area contributed by atoms with Crippen LogP contribution in [0.5, 0.6) is 0 Å². The van der Waals surface area contributed by atoms with Gasteiger partial charge in [-0.1, -0.05) is 45.0 Å². The van der Waals surface area contributed by atoms with Crippen molar-refractivity contribution in [3.8, 4) is 6.07 Å². The van der Waals surface area contributed by atoms with E-state index < -0.39 is 0 Å². The van der Waals surface area contributed by atoms with Gasteiger partial charge in [-0.25, -0.2) is 0 Å². The second-order valence-electron chi connectivity index (χ2n) is 6.03. The molecule has 18 heavy (non-hydrogen) atoms. The fourth-order valence-electron chi connectivity index (χ4n) is 1.79. The zero-order chi connectivity index (χ0) is 13.8. The summed E-state index contributed by atoms with van der Waals surface area (Å²) < 4.78 is 0. The summed E-state index contributed by atoms with van der Waals surface area (Å²) >= 11 is 0. The molecule has 0 aromatic heterocycles. The maximum atomic E-state index is 8.75. The number of nitrogens with one attached hydrogen (secondary N) is 1. The van der Waals surface area contributed by atoms with Crippen LogP contribution in [0.3, 0.4) is 0 Å². The molecule has 1 aromatic carbocycles. The highest BCUT2D eigenvalue weighted by Gasteiger charge is 2.14. The van der Waals surface area contributed by atoms with Gasteiger partial charge in [0.05, 0.1) is 12.0 Å². The Morgan fingerprint density at radius 1 is 1.17 bits per heavy atom. The molecule has 0 bridgehead atoms. The fourth-order valence-corrected chi connectivity index (χ4v) is 1.79. The van der Waals surface area contributed by atoms with Gasteiger partial charge in [0, 0.05) is 12.6 Å². The number of benzene rings is 1. The monoisotopic (exact) mass is 244 g/mol. The molecule has 0 heterocycles. The molecule has 1 N–H and O–H groups in total. The molecule has 1 aromatic rings. The highest BCUT2D eigenvalue weighted by molar-refractivity contribution is 5.29. The Labute approximate surface area is 111 Å². The van der Waals surface area contributed by atoms with E-state index in [2.05, 4.69) is 63.3 Å². The average Bonchev–Trinajstić information content (AvgIpc) is 2.34. The van der Waals surface area contributed by atoms with Crippen molar-refractivity contribution in [3.05, 3.63) is 35.4 Å². The van der Waals surface area contributed by atoms with E-state index in [-0.39, 0.29) is 17.4 Å². The van der Waals surface area contributed by atoms with Gasteiger partial charge >= 0.3 is 0 Å². The van der Waals surface area contributed by atoms with Gasteiger partial charge < -0.3 is 5.32 Å². The zero-order valence-corrected chi connectivity index (χ0v) is 12.1. The maximum Gasteiger partial charge on any atom is 0.0666 e. The third-order valence-electron chi connectivity index (χ3n) is 3.23. The average molecular weight is 244 g/mol. The molecule has 0 fully saturated rings. The maximum absolute atomic E-state index is 8.75. The van der Waals surface area contributed by atoms with Crippen LogP contribution in [0.1, 0.15) is 51.8 Å². The first-order valence-electron chi connectivity index (χ1n) is 6.58. The van der Waals surface area contributed by atoms with E-state index in [0.717, 1.165) is 6.54 Å². The van der Waals surface area contributed by atoms with Crippen LogP contribution in [0.25, 0.3) is 0 Å². The largest absolute Gasteiger partial charge is 0.309 e. The first-order valence-corrected chi connectivity index (χ1v) is 6.58. The van der Waals surface area contributed by atoms with Gasteiger partial charge in [-0.2, -0.15) is 5.26 Å². The molecule has 1 rings (SSSR count). The summed E-state index contributed by atoms with van der Waals surface area (Å²) in [5.41, 5.74) is 2.82. The lowest BCUT2D eigenvalue weighted by molar-refractivity contribution is 0.527. The van der Waals surface area contributed by atoms with Crippen molar-refractivity contribution in [1.82, 2.24) is 5.32 Å². The standard InChI is InChI=1S/C16H24N2/c1-12(10-17)11-18-13(2)14-6-8-15(9-7-14)16(3,4)5/h6-9,12-13,18H,11H2,1-5H3. The summed E-state index contributed by atoms with van der Waals surface area (Å²) in [5, 5.41) is 12.1. The van der Waals surface area contributed by atoms with Crippen LogP contribution in [0.15, 0.2) is 24.3 Å². The SMILES string of the molecule is CC(C#N)CNC(C)c1ccc(C(C)(C)C)cc1. The van der Waals surface area contributed by atoms with E-state index in [1.54, 1.807) is 0 Å². The summed E-state index contributed by atoms with van der Waals surface area (Å²) in [6.45, 7) is 11.5. The van der Waals surface area contributed by atoms with E-state index in [4.69, 9.17) is 5.26 Å². The van der Waals surface area contributed by atoms with Crippen molar-refractivity contribution in [2.45, 2.75) is 46.1 Å². The van der Waals surface area contributed by atoms with Crippen LogP contribution in [0, 0.1) is 17.2 Å². The fraction of sp³-hybridized carbons (Fsp3) is 0.562. The van der Waals surface area contributed by atoms with Crippen molar-refractivity contribution < 1.29 is 0 Å². The molecule has 0 spiro atoms. The summed E-state index contributed by atoms with van der Waals surface area (Å²) in [6, 6.07) is 11.3. The first-order chi connectivity index (χ1) is 8.34. The Morgan fingerprint density at radius 2 is 1.72 bits per heavy atom. The van der Waals surface area contributed by atoms with E-state index in [9.17, 15) is 0 Å². The van der Waals surface area contributed by atoms with Gasteiger partial charge in [0.1, 0.15) is 0 Å². The van der Waals surface area contributed by atoms with E-state index in [0.29, 0.717) is 0 Å². The molecule has 2 atom stereocenters. The molecular formula is C16H24N2. The van der Waals surface area contributed by atoms with E-state index >= 15 is 0 Å². The Bertz CT molecular complexity index is 406. The zero-order valence-electron chi connectivity index (χ0n) is 12.1. The quantitative estimate of drug-likeness (QED) is 0.874. The molecule has 2 nitrogen and oxygen atoms in total. The van der Waals surface area contributed by atoms with Crippen LogP contribution in [0.2, 0.25) is 0 Å². The molecule has 0 aliphatic rings. The minimum atomic E-state index is 0.0568. The smallest absolute Gasteiger partial charge is 0.0666 e. The first kappa shape index (κ1) is 14.7. The van der Waals surface area contributed by atoms with Crippen LogP contribution < -0.4 is 5.32 Å². The molecule has 0 aliphatic heterocycles. The van der Waals surface area contributed by atoms with Crippen molar-refractivity contribution in [1.29, 1.82) is 5.26 Å². The molecular weight excluding hydrogens is 220 g/mol. The van der Waals surface area contributed by atoms with Gasteiger partial charge in [-0.05, 0) is 30.4 Å². The molecule has 0 radical (unpaired) electrons. The number of hydrogen-bond donors (Lipinski definition) is 1. The molecule has 0 saturated heterocycles. The van der Waals surface area contributed by atoms with Gasteiger partial charge in [0.2, 0.25) is 0 Å². The van der Waals surface area contributed by atoms with Crippen molar-refractivity contribution in [3.63, 3.8) is 0 Å². The molecule has 98 valence electrons. The Morgan fingerprint density at radius 3 is 2.17 bits per heavy atom. The van der Waals surface area contributed by atoms with Crippen molar-refractivity contribution >= 4 is 0 Å².